The molecule has 3 heterocycles. The third kappa shape index (κ3) is 5.58. The van der Waals surface area contributed by atoms with E-state index < -0.39 is 0 Å². The number of hydrogen-bond donors (Lipinski definition) is 0. The van der Waals surface area contributed by atoms with Gasteiger partial charge in [0.15, 0.2) is 0 Å². The van der Waals surface area contributed by atoms with Crippen molar-refractivity contribution in [3.63, 3.8) is 0 Å². The van der Waals surface area contributed by atoms with E-state index in [1.807, 2.05) is 43.6 Å². The van der Waals surface area contributed by atoms with Gasteiger partial charge in [-0.3, -0.25) is 15.0 Å². The number of nitrogens with zero attached hydrogens (tertiary/aromatic N) is 3. The van der Waals surface area contributed by atoms with Crippen LogP contribution in [-0.2, 0) is 0 Å². The lowest BCUT2D eigenvalue weighted by atomic mass is 10.1. The van der Waals surface area contributed by atoms with Crippen LogP contribution in [0.25, 0.3) is 32.7 Å². The van der Waals surface area contributed by atoms with Crippen LogP contribution >= 0.6 is 0 Å². The number of aryl methyl sites for hydroxylation is 6. The Kier molecular flexibility index (Phi) is 7.70. The Morgan fingerprint density at radius 3 is 1.97 bits per heavy atom. The Labute approximate surface area is 213 Å². The third-order valence-electron chi connectivity index (χ3n) is 6.58. The maximum Gasteiger partial charge on any atom is 0.0733 e. The van der Waals surface area contributed by atoms with Gasteiger partial charge >= 0.3 is 0 Å². The molecule has 0 spiro atoms. The number of hydrogen-bond acceptors (Lipinski definition) is 3. The summed E-state index contributed by atoms with van der Waals surface area (Å²) in [4.78, 5) is 13.1. The number of benzene rings is 3. The average Bonchev–Trinajstić information content (AvgIpc) is 2.90. The topological polar surface area (TPSA) is 38.7 Å². The Morgan fingerprint density at radius 2 is 1.17 bits per heavy atom. The number of rotatable bonds is 0. The molecule has 0 aliphatic rings. The second-order valence-corrected chi connectivity index (χ2v) is 9.28. The van der Waals surface area contributed by atoms with E-state index >= 15 is 0 Å². The number of pyridine rings is 3. The van der Waals surface area contributed by atoms with Crippen LogP contribution in [0, 0.1) is 41.5 Å². The third-order valence-corrected chi connectivity index (χ3v) is 6.58. The van der Waals surface area contributed by atoms with Crippen molar-refractivity contribution in [1.29, 1.82) is 0 Å². The molecule has 0 aliphatic heterocycles. The minimum Gasteiger partial charge on any atom is -0.256 e. The first-order valence-electron chi connectivity index (χ1n) is 12.3. The predicted molar refractivity (Wildman–Crippen MR) is 154 cm³/mol. The van der Waals surface area contributed by atoms with Crippen molar-refractivity contribution in [2.75, 3.05) is 0 Å². The molecule has 0 N–H and O–H groups in total. The molecule has 6 rings (SSSR count). The lowest BCUT2D eigenvalue weighted by Crippen LogP contribution is -1.86. The quantitative estimate of drug-likeness (QED) is 0.223. The summed E-state index contributed by atoms with van der Waals surface area (Å²) in [6, 6.07) is 27.0. The van der Waals surface area contributed by atoms with Crippen LogP contribution in [0.15, 0.2) is 91.3 Å². The lowest BCUT2D eigenvalue weighted by molar-refractivity contribution is 1.25. The Bertz CT molecular complexity index is 1600. The van der Waals surface area contributed by atoms with Crippen molar-refractivity contribution >= 4 is 32.7 Å². The molecular formula is C33H33N3. The van der Waals surface area contributed by atoms with Gasteiger partial charge in [-0.05, 0) is 93.6 Å². The van der Waals surface area contributed by atoms with Gasteiger partial charge in [0.2, 0.25) is 0 Å². The highest BCUT2D eigenvalue weighted by molar-refractivity contribution is 5.85. The van der Waals surface area contributed by atoms with Crippen molar-refractivity contribution in [3.05, 3.63) is 125 Å². The molecule has 0 fully saturated rings. The molecule has 180 valence electrons. The summed E-state index contributed by atoms with van der Waals surface area (Å²) >= 11 is 0. The van der Waals surface area contributed by atoms with Crippen LogP contribution in [0.3, 0.4) is 0 Å². The molecule has 0 saturated carbocycles. The van der Waals surface area contributed by atoms with Gasteiger partial charge in [-0.1, -0.05) is 54.6 Å². The fourth-order valence-electron chi connectivity index (χ4n) is 4.25. The largest absolute Gasteiger partial charge is 0.256 e. The monoisotopic (exact) mass is 471 g/mol. The Morgan fingerprint density at radius 1 is 0.472 bits per heavy atom. The van der Waals surface area contributed by atoms with Crippen LogP contribution in [0.4, 0.5) is 0 Å². The minimum atomic E-state index is 1.08. The smallest absolute Gasteiger partial charge is 0.0733 e. The number of para-hydroxylation sites is 1. The molecule has 0 saturated heterocycles. The van der Waals surface area contributed by atoms with E-state index in [0.29, 0.717) is 0 Å². The first-order valence-corrected chi connectivity index (χ1v) is 12.3. The highest BCUT2D eigenvalue weighted by Crippen LogP contribution is 2.19. The minimum absolute atomic E-state index is 1.08. The zero-order valence-corrected chi connectivity index (χ0v) is 22.0. The second kappa shape index (κ2) is 11.1. The Hall–Kier alpha value is -4.11. The van der Waals surface area contributed by atoms with Gasteiger partial charge in [0.1, 0.15) is 0 Å². The maximum atomic E-state index is 4.44. The SMILES string of the molecule is Cc1ccc(C)c2ncccc12.Cc1ccc2c(C)cccc2n1.Cc1cnc2ccccc2c1C. The summed E-state index contributed by atoms with van der Waals surface area (Å²) in [6.45, 7) is 12.6. The standard InChI is InChI=1S/3C11H11N/c1-8-5-6-9(2)11-10(8)4-3-7-12-11;1-8-4-3-5-11-10(8)7-6-9(2)12-11;1-8-7-12-11-6-4-3-5-10(11)9(8)2/h3*3-7H,1-2H3. The molecule has 0 unspecified atom stereocenters. The molecular weight excluding hydrogens is 438 g/mol. The van der Waals surface area contributed by atoms with Crippen LogP contribution in [0.1, 0.15) is 33.5 Å². The van der Waals surface area contributed by atoms with Gasteiger partial charge in [-0.15, -0.1) is 0 Å². The summed E-state index contributed by atoms with van der Waals surface area (Å²) in [5.41, 5.74) is 10.8. The molecule has 3 aromatic carbocycles. The summed E-state index contributed by atoms with van der Waals surface area (Å²) in [5, 5.41) is 3.78. The van der Waals surface area contributed by atoms with E-state index in [2.05, 4.69) is 104 Å². The van der Waals surface area contributed by atoms with E-state index in [4.69, 9.17) is 0 Å². The molecule has 0 bridgehead atoms. The molecule has 3 aromatic heterocycles. The number of fused-ring (bicyclic) bond motifs is 3. The van der Waals surface area contributed by atoms with Gasteiger partial charge in [-0.2, -0.15) is 0 Å². The van der Waals surface area contributed by atoms with Crippen molar-refractivity contribution in [1.82, 2.24) is 15.0 Å². The zero-order valence-electron chi connectivity index (χ0n) is 22.0. The van der Waals surface area contributed by atoms with Crippen molar-refractivity contribution in [3.8, 4) is 0 Å². The predicted octanol–water partition coefficient (Wildman–Crippen LogP) is 8.55. The van der Waals surface area contributed by atoms with Gasteiger partial charge in [0.25, 0.3) is 0 Å². The highest BCUT2D eigenvalue weighted by Gasteiger charge is 2.00. The molecule has 3 heteroatoms. The van der Waals surface area contributed by atoms with Gasteiger partial charge < -0.3 is 0 Å². The number of aromatic nitrogens is 3. The normalized spacial score (nSPS) is 10.5. The zero-order chi connectivity index (χ0) is 25.7. The molecule has 0 amide bonds. The summed E-state index contributed by atoms with van der Waals surface area (Å²) < 4.78 is 0. The molecule has 6 aromatic rings. The summed E-state index contributed by atoms with van der Waals surface area (Å²) in [5.74, 6) is 0. The summed E-state index contributed by atoms with van der Waals surface area (Å²) in [6.07, 6.45) is 3.77. The molecule has 36 heavy (non-hydrogen) atoms. The van der Waals surface area contributed by atoms with E-state index in [1.54, 1.807) is 0 Å². The van der Waals surface area contributed by atoms with E-state index in [0.717, 1.165) is 22.2 Å². The van der Waals surface area contributed by atoms with E-state index in [-0.39, 0.29) is 0 Å². The van der Waals surface area contributed by atoms with E-state index in [1.165, 1.54) is 44.0 Å². The molecule has 0 radical (unpaired) electrons. The highest BCUT2D eigenvalue weighted by atomic mass is 14.7. The first kappa shape index (κ1) is 25.0. The van der Waals surface area contributed by atoms with Crippen LogP contribution in [-0.4, -0.2) is 15.0 Å². The second-order valence-electron chi connectivity index (χ2n) is 9.28. The van der Waals surface area contributed by atoms with Crippen molar-refractivity contribution < 1.29 is 0 Å². The molecule has 0 atom stereocenters. The van der Waals surface area contributed by atoms with Crippen molar-refractivity contribution in [2.24, 2.45) is 0 Å². The summed E-state index contributed by atoms with van der Waals surface area (Å²) in [7, 11) is 0. The van der Waals surface area contributed by atoms with Crippen LogP contribution < -0.4 is 0 Å². The lowest BCUT2D eigenvalue weighted by Gasteiger charge is -2.03. The first-order chi connectivity index (χ1) is 17.3. The maximum absolute atomic E-state index is 4.44. The fraction of sp³-hybridized carbons (Fsp3) is 0.182. The van der Waals surface area contributed by atoms with E-state index in [9.17, 15) is 0 Å². The van der Waals surface area contributed by atoms with Gasteiger partial charge in [-0.25, -0.2) is 0 Å². The Balaban J connectivity index is 0.000000127. The molecule has 0 aliphatic carbocycles. The average molecular weight is 472 g/mol. The van der Waals surface area contributed by atoms with Gasteiger partial charge in [0.05, 0.1) is 16.6 Å². The van der Waals surface area contributed by atoms with Crippen LogP contribution in [0.2, 0.25) is 0 Å². The van der Waals surface area contributed by atoms with Crippen molar-refractivity contribution in [2.45, 2.75) is 41.5 Å². The molecule has 3 nitrogen and oxygen atoms in total. The fourth-order valence-corrected chi connectivity index (χ4v) is 4.25. The van der Waals surface area contributed by atoms with Crippen LogP contribution in [0.5, 0.6) is 0 Å². The van der Waals surface area contributed by atoms with Gasteiger partial charge in [0, 0.05) is 34.2 Å².